The molecule has 0 radical (unpaired) electrons. The number of nitrogen functional groups attached to an aromatic ring is 2. The van der Waals surface area contributed by atoms with Crippen LogP contribution in [0.1, 0.15) is 41.4 Å². The first kappa shape index (κ1) is 30.2. The average Bonchev–Trinajstić information content (AvgIpc) is 3.54. The van der Waals surface area contributed by atoms with Gasteiger partial charge in [0.2, 0.25) is 0 Å². The highest BCUT2D eigenvalue weighted by Crippen LogP contribution is 2.36. The van der Waals surface area contributed by atoms with Gasteiger partial charge in [0.15, 0.2) is 0 Å². The van der Waals surface area contributed by atoms with Crippen molar-refractivity contribution in [3.63, 3.8) is 0 Å². The topological polar surface area (TPSA) is 145 Å². The molecule has 0 atom stereocenters. The molecule has 0 aliphatic carbocycles. The summed E-state index contributed by atoms with van der Waals surface area (Å²) in [6, 6.07) is 37.1. The molecule has 0 saturated carbocycles. The van der Waals surface area contributed by atoms with Crippen molar-refractivity contribution in [2.75, 3.05) is 21.3 Å². The monoisotopic (exact) mass is 658 g/mol. The van der Waals surface area contributed by atoms with E-state index in [-0.39, 0.29) is 22.3 Å². The third-order valence-electron chi connectivity index (χ3n) is 8.53. The third kappa shape index (κ3) is 5.26. The summed E-state index contributed by atoms with van der Waals surface area (Å²) in [7, 11) is 0. The molecular formula is C40H26N4O6. The Labute approximate surface area is 285 Å². The fraction of sp³-hybridized carbons (Fsp3) is 0. The van der Waals surface area contributed by atoms with E-state index in [2.05, 4.69) is 0 Å². The average molecular weight is 659 g/mol. The number of ether oxygens (including phenoxy) is 2. The highest BCUT2D eigenvalue weighted by Gasteiger charge is 2.38. The Bertz CT molecular complexity index is 2180. The zero-order valence-electron chi connectivity index (χ0n) is 26.2. The van der Waals surface area contributed by atoms with E-state index >= 15 is 0 Å². The smallest absolute Gasteiger partial charge is 0.266 e. The zero-order valence-corrected chi connectivity index (χ0v) is 26.2. The predicted molar refractivity (Wildman–Crippen MR) is 189 cm³/mol. The number of nitrogens with two attached hydrogens (primary N) is 2. The van der Waals surface area contributed by atoms with Crippen LogP contribution in [0.3, 0.4) is 0 Å². The number of carbonyl (C=O) groups excluding carboxylic acids is 4. The number of imide groups is 2. The molecule has 0 aromatic heterocycles. The number of fused-ring (bicyclic) bond motifs is 2. The van der Waals surface area contributed by atoms with E-state index in [1.807, 2.05) is 0 Å². The molecule has 0 fully saturated rings. The fourth-order valence-electron chi connectivity index (χ4n) is 5.98. The van der Waals surface area contributed by atoms with Crippen LogP contribution in [-0.4, -0.2) is 23.6 Å². The van der Waals surface area contributed by atoms with Crippen molar-refractivity contribution in [2.45, 2.75) is 0 Å². The first-order chi connectivity index (χ1) is 24.2. The van der Waals surface area contributed by atoms with Crippen molar-refractivity contribution >= 4 is 46.4 Å². The second-order valence-electron chi connectivity index (χ2n) is 11.7. The van der Waals surface area contributed by atoms with Gasteiger partial charge < -0.3 is 20.9 Å². The van der Waals surface area contributed by atoms with Gasteiger partial charge in [-0.25, -0.2) is 9.80 Å². The molecule has 0 spiro atoms. The molecule has 0 bridgehead atoms. The number of hydrogen-bond acceptors (Lipinski definition) is 8. The van der Waals surface area contributed by atoms with Gasteiger partial charge in [-0.3, -0.25) is 19.2 Å². The quantitative estimate of drug-likeness (QED) is 0.131. The molecule has 10 nitrogen and oxygen atoms in total. The van der Waals surface area contributed by atoms with Crippen molar-refractivity contribution in [3.05, 3.63) is 156 Å². The largest absolute Gasteiger partial charge is 0.457 e. The van der Waals surface area contributed by atoms with Crippen LogP contribution in [0.2, 0.25) is 0 Å². The van der Waals surface area contributed by atoms with E-state index < -0.39 is 23.6 Å². The highest BCUT2D eigenvalue weighted by molar-refractivity contribution is 6.35. The Balaban J connectivity index is 1.00. The summed E-state index contributed by atoms with van der Waals surface area (Å²) in [4.78, 5) is 56.1. The Kier molecular flexibility index (Phi) is 7.11. The normalized spacial score (nSPS) is 13.4. The lowest BCUT2D eigenvalue weighted by atomic mass is 9.97. The number of rotatable bonds is 7. The SMILES string of the molecule is Nc1ccc(Oc2ccc(N3C(=O)c4ccc(-c5ccc6c(c5)C(=O)N(c5ccc(Oc7ccc(N)cc7)cc5)C6=O)cc4C3=O)cc2)cc1. The van der Waals surface area contributed by atoms with Gasteiger partial charge in [0, 0.05) is 11.4 Å². The molecule has 2 aliphatic rings. The maximum Gasteiger partial charge on any atom is 0.266 e. The van der Waals surface area contributed by atoms with Crippen LogP contribution in [0.25, 0.3) is 11.1 Å². The summed E-state index contributed by atoms with van der Waals surface area (Å²) in [6.45, 7) is 0. The van der Waals surface area contributed by atoms with Crippen molar-refractivity contribution in [1.29, 1.82) is 0 Å². The molecule has 242 valence electrons. The molecule has 0 saturated heterocycles. The van der Waals surface area contributed by atoms with Crippen LogP contribution < -0.4 is 30.7 Å². The first-order valence-corrected chi connectivity index (χ1v) is 15.6. The van der Waals surface area contributed by atoms with E-state index in [1.54, 1.807) is 133 Å². The minimum absolute atomic E-state index is 0.237. The zero-order chi connectivity index (χ0) is 34.5. The second kappa shape index (κ2) is 11.8. The van der Waals surface area contributed by atoms with E-state index in [0.717, 1.165) is 9.80 Å². The van der Waals surface area contributed by atoms with Crippen molar-refractivity contribution in [2.24, 2.45) is 0 Å². The third-order valence-corrected chi connectivity index (χ3v) is 8.53. The fourth-order valence-corrected chi connectivity index (χ4v) is 5.98. The summed E-state index contributed by atoms with van der Waals surface area (Å²) < 4.78 is 11.7. The number of amides is 4. The molecular weight excluding hydrogens is 632 g/mol. The molecule has 8 rings (SSSR count). The van der Waals surface area contributed by atoms with Gasteiger partial charge in [-0.15, -0.1) is 0 Å². The Morgan fingerprint density at radius 2 is 0.660 bits per heavy atom. The van der Waals surface area contributed by atoms with E-state index in [9.17, 15) is 19.2 Å². The minimum Gasteiger partial charge on any atom is -0.457 e. The second-order valence-corrected chi connectivity index (χ2v) is 11.7. The molecule has 6 aromatic carbocycles. The van der Waals surface area contributed by atoms with Gasteiger partial charge >= 0.3 is 0 Å². The predicted octanol–water partition coefficient (Wildman–Crippen LogP) is 7.70. The maximum absolute atomic E-state index is 13.6. The summed E-state index contributed by atoms with van der Waals surface area (Å²) in [6.07, 6.45) is 0. The summed E-state index contributed by atoms with van der Waals surface area (Å²) in [5, 5.41) is 0. The Hall–Kier alpha value is -7.20. The van der Waals surface area contributed by atoms with Crippen LogP contribution in [0.4, 0.5) is 22.7 Å². The van der Waals surface area contributed by atoms with Crippen LogP contribution in [0, 0.1) is 0 Å². The summed E-state index contributed by atoms with van der Waals surface area (Å²) in [5.74, 6) is 0.421. The van der Waals surface area contributed by atoms with Gasteiger partial charge in [0.05, 0.1) is 33.6 Å². The lowest BCUT2D eigenvalue weighted by Crippen LogP contribution is -2.29. The molecule has 6 aromatic rings. The Morgan fingerprint density at radius 1 is 0.360 bits per heavy atom. The standard InChI is InChI=1S/C40H26N4O6/c41-25-3-11-29(12-4-25)49-31-15-7-27(8-16-31)43-37(45)33-19-1-23(21-35(33)39(43)47)24-2-20-34-36(22-24)40(48)44(38(34)46)28-9-17-32(18-10-28)50-30-13-5-26(42)6-14-30/h1-22H,41-42H2. The minimum atomic E-state index is -0.471. The number of benzene rings is 6. The molecule has 4 amide bonds. The van der Waals surface area contributed by atoms with Gasteiger partial charge in [-0.05, 0) is 132 Å². The number of hydrogen-bond donors (Lipinski definition) is 2. The molecule has 2 heterocycles. The van der Waals surface area contributed by atoms with Crippen molar-refractivity contribution in [1.82, 2.24) is 0 Å². The van der Waals surface area contributed by atoms with Crippen LogP contribution in [0.5, 0.6) is 23.0 Å². The van der Waals surface area contributed by atoms with Gasteiger partial charge in [0.1, 0.15) is 23.0 Å². The van der Waals surface area contributed by atoms with E-state index in [0.29, 0.717) is 56.9 Å². The molecule has 10 heteroatoms. The molecule has 4 N–H and O–H groups in total. The Morgan fingerprint density at radius 3 is 1.00 bits per heavy atom. The molecule has 2 aliphatic heterocycles. The van der Waals surface area contributed by atoms with E-state index in [4.69, 9.17) is 20.9 Å². The van der Waals surface area contributed by atoms with Gasteiger partial charge in [0.25, 0.3) is 23.6 Å². The van der Waals surface area contributed by atoms with Gasteiger partial charge in [-0.2, -0.15) is 0 Å². The highest BCUT2D eigenvalue weighted by atomic mass is 16.5. The lowest BCUT2D eigenvalue weighted by Gasteiger charge is -2.14. The van der Waals surface area contributed by atoms with Crippen molar-refractivity contribution < 1.29 is 28.7 Å². The number of nitrogens with zero attached hydrogens (tertiary/aromatic N) is 2. The molecule has 50 heavy (non-hydrogen) atoms. The maximum atomic E-state index is 13.6. The lowest BCUT2D eigenvalue weighted by molar-refractivity contribution is 0.0910. The summed E-state index contributed by atoms with van der Waals surface area (Å²) in [5.41, 5.74) is 15.7. The number of anilines is 4. The van der Waals surface area contributed by atoms with Gasteiger partial charge in [-0.1, -0.05) is 12.1 Å². The first-order valence-electron chi connectivity index (χ1n) is 15.6. The van der Waals surface area contributed by atoms with Crippen LogP contribution >= 0.6 is 0 Å². The molecule has 0 unspecified atom stereocenters. The van der Waals surface area contributed by atoms with Crippen molar-refractivity contribution in [3.8, 4) is 34.1 Å². The van der Waals surface area contributed by atoms with Crippen LogP contribution in [0.15, 0.2) is 133 Å². The summed E-state index contributed by atoms with van der Waals surface area (Å²) >= 11 is 0. The van der Waals surface area contributed by atoms with Crippen LogP contribution in [-0.2, 0) is 0 Å². The van der Waals surface area contributed by atoms with E-state index in [1.165, 1.54) is 0 Å². The number of carbonyl (C=O) groups is 4.